The van der Waals surface area contributed by atoms with Crippen molar-refractivity contribution in [3.05, 3.63) is 29.6 Å². The Balaban J connectivity index is 1.90. The minimum atomic E-state index is -0.680. The van der Waals surface area contributed by atoms with E-state index in [0.29, 0.717) is 12.2 Å². The number of rotatable bonds is 7. The van der Waals surface area contributed by atoms with Gasteiger partial charge in [-0.25, -0.2) is 4.39 Å². The van der Waals surface area contributed by atoms with E-state index in [4.69, 9.17) is 4.74 Å². The zero-order valence-corrected chi connectivity index (χ0v) is 11.6. The lowest BCUT2D eigenvalue weighted by molar-refractivity contribution is 0.130. The van der Waals surface area contributed by atoms with Gasteiger partial charge in [0.25, 0.3) is 0 Å². The highest BCUT2D eigenvalue weighted by Gasteiger charge is 2.21. The number of anilines is 1. The Morgan fingerprint density at radius 1 is 1.47 bits per heavy atom. The molecule has 0 amide bonds. The van der Waals surface area contributed by atoms with Crippen LogP contribution in [0.25, 0.3) is 0 Å². The molecule has 19 heavy (non-hydrogen) atoms. The van der Waals surface area contributed by atoms with Gasteiger partial charge in [-0.05, 0) is 43.9 Å². The molecule has 1 N–H and O–H groups in total. The summed E-state index contributed by atoms with van der Waals surface area (Å²) in [7, 11) is 1.93. The quantitative estimate of drug-likeness (QED) is 0.771. The van der Waals surface area contributed by atoms with Crippen LogP contribution in [0.15, 0.2) is 18.2 Å². The molecule has 0 heterocycles. The maximum atomic E-state index is 13.2. The van der Waals surface area contributed by atoms with Crippen LogP contribution in [-0.2, 0) is 4.74 Å². The van der Waals surface area contributed by atoms with Crippen molar-refractivity contribution in [2.75, 3.05) is 31.7 Å². The summed E-state index contributed by atoms with van der Waals surface area (Å²) in [4.78, 5) is 1.99. The molecule has 1 atom stereocenters. The maximum absolute atomic E-state index is 13.2. The van der Waals surface area contributed by atoms with E-state index >= 15 is 0 Å². The third kappa shape index (κ3) is 4.18. The van der Waals surface area contributed by atoms with E-state index in [1.54, 1.807) is 13.0 Å². The van der Waals surface area contributed by atoms with Crippen LogP contribution in [-0.4, -0.2) is 31.9 Å². The molecule has 1 fully saturated rings. The van der Waals surface area contributed by atoms with Crippen molar-refractivity contribution in [2.45, 2.75) is 25.9 Å². The molecule has 106 valence electrons. The van der Waals surface area contributed by atoms with E-state index in [1.807, 2.05) is 11.9 Å². The molecule has 3 nitrogen and oxygen atoms in total. The first-order valence-corrected chi connectivity index (χ1v) is 6.84. The monoisotopic (exact) mass is 267 g/mol. The van der Waals surface area contributed by atoms with Crippen LogP contribution >= 0.6 is 0 Å². The molecule has 0 bridgehead atoms. The summed E-state index contributed by atoms with van der Waals surface area (Å²) in [5.41, 5.74) is 1.47. The molecule has 0 radical (unpaired) electrons. The third-order valence-corrected chi connectivity index (χ3v) is 3.47. The van der Waals surface area contributed by atoms with E-state index in [1.165, 1.54) is 25.0 Å². The molecular weight excluding hydrogens is 245 g/mol. The van der Waals surface area contributed by atoms with E-state index in [0.717, 1.165) is 24.8 Å². The molecule has 0 aromatic heterocycles. The second kappa shape index (κ2) is 6.35. The number of hydrogen-bond acceptors (Lipinski definition) is 3. The minimum absolute atomic E-state index is 0.321. The Morgan fingerprint density at radius 2 is 2.21 bits per heavy atom. The van der Waals surface area contributed by atoms with Crippen LogP contribution in [0.1, 0.15) is 31.4 Å². The van der Waals surface area contributed by atoms with Crippen molar-refractivity contribution >= 4 is 5.69 Å². The summed E-state index contributed by atoms with van der Waals surface area (Å²) < 4.78 is 18.8. The van der Waals surface area contributed by atoms with E-state index in [2.05, 4.69) is 0 Å². The van der Waals surface area contributed by atoms with Gasteiger partial charge < -0.3 is 14.7 Å². The third-order valence-electron chi connectivity index (χ3n) is 3.47. The molecule has 1 aromatic rings. The Bertz CT molecular complexity index is 419. The van der Waals surface area contributed by atoms with Crippen LogP contribution in [0.4, 0.5) is 10.1 Å². The number of halogens is 1. The fourth-order valence-electron chi connectivity index (χ4n) is 2.06. The van der Waals surface area contributed by atoms with Gasteiger partial charge in [0, 0.05) is 31.5 Å². The number of ether oxygens (including phenoxy) is 1. The lowest BCUT2D eigenvalue weighted by Gasteiger charge is -2.23. The fraction of sp³-hybridized carbons (Fsp3) is 0.600. The normalized spacial score (nSPS) is 16.4. The zero-order chi connectivity index (χ0) is 13.8. The van der Waals surface area contributed by atoms with Crippen molar-refractivity contribution in [1.29, 1.82) is 0 Å². The van der Waals surface area contributed by atoms with Crippen LogP contribution in [0, 0.1) is 11.7 Å². The molecule has 1 aromatic carbocycles. The first kappa shape index (κ1) is 14.3. The molecule has 0 saturated heterocycles. The van der Waals surface area contributed by atoms with E-state index in [-0.39, 0.29) is 5.82 Å². The van der Waals surface area contributed by atoms with Crippen molar-refractivity contribution in [1.82, 2.24) is 0 Å². The number of aliphatic hydroxyl groups excluding tert-OH is 1. The van der Waals surface area contributed by atoms with Gasteiger partial charge in [0.2, 0.25) is 0 Å². The second-order valence-corrected chi connectivity index (χ2v) is 5.32. The summed E-state index contributed by atoms with van der Waals surface area (Å²) in [6.45, 7) is 3.89. The first-order chi connectivity index (χ1) is 9.08. The van der Waals surface area contributed by atoms with Crippen molar-refractivity contribution in [3.8, 4) is 0 Å². The van der Waals surface area contributed by atoms with Gasteiger partial charge >= 0.3 is 0 Å². The molecule has 1 aliphatic carbocycles. The van der Waals surface area contributed by atoms with Crippen LogP contribution in [0.2, 0.25) is 0 Å². The molecule has 0 unspecified atom stereocenters. The highest BCUT2D eigenvalue weighted by molar-refractivity contribution is 5.54. The zero-order valence-electron chi connectivity index (χ0n) is 11.6. The van der Waals surface area contributed by atoms with Gasteiger partial charge in [-0.2, -0.15) is 0 Å². The Hall–Kier alpha value is -1.13. The smallest absolute Gasteiger partial charge is 0.123 e. The molecule has 4 heteroatoms. The van der Waals surface area contributed by atoms with Crippen molar-refractivity contribution < 1.29 is 14.2 Å². The molecule has 2 rings (SSSR count). The van der Waals surface area contributed by atoms with Crippen LogP contribution < -0.4 is 4.90 Å². The predicted octanol–water partition coefficient (Wildman–Crippen LogP) is 2.74. The molecule has 0 spiro atoms. The topological polar surface area (TPSA) is 32.7 Å². The first-order valence-electron chi connectivity index (χ1n) is 6.84. The summed E-state index contributed by atoms with van der Waals surface area (Å²) in [5.74, 6) is 0.446. The van der Waals surface area contributed by atoms with E-state index in [9.17, 15) is 9.50 Å². The number of hydrogen-bond donors (Lipinski definition) is 1. The second-order valence-electron chi connectivity index (χ2n) is 5.32. The minimum Gasteiger partial charge on any atom is -0.389 e. The van der Waals surface area contributed by atoms with Gasteiger partial charge in [-0.1, -0.05) is 0 Å². The SMILES string of the molecule is C[C@H](O)c1cc(F)ccc1N(C)CCOCC1CC1. The summed E-state index contributed by atoms with van der Waals surface area (Å²) in [5, 5.41) is 9.71. The lowest BCUT2D eigenvalue weighted by Crippen LogP contribution is -2.24. The van der Waals surface area contributed by atoms with Gasteiger partial charge in [0.1, 0.15) is 5.82 Å². The Morgan fingerprint density at radius 3 is 2.84 bits per heavy atom. The molecule has 0 aliphatic heterocycles. The largest absolute Gasteiger partial charge is 0.389 e. The van der Waals surface area contributed by atoms with E-state index < -0.39 is 6.10 Å². The number of aliphatic hydroxyl groups is 1. The summed E-state index contributed by atoms with van der Waals surface area (Å²) >= 11 is 0. The van der Waals surface area contributed by atoms with Crippen molar-refractivity contribution in [2.24, 2.45) is 5.92 Å². The number of likely N-dealkylation sites (N-methyl/N-ethyl adjacent to an activating group) is 1. The fourth-order valence-corrected chi connectivity index (χ4v) is 2.06. The molecular formula is C15H22FNO2. The lowest BCUT2D eigenvalue weighted by atomic mass is 10.1. The average Bonchev–Trinajstić information content (AvgIpc) is 3.18. The Labute approximate surface area is 114 Å². The summed E-state index contributed by atoms with van der Waals surface area (Å²) in [6.07, 6.45) is 1.90. The van der Waals surface area contributed by atoms with Gasteiger partial charge in [0.15, 0.2) is 0 Å². The maximum Gasteiger partial charge on any atom is 0.123 e. The predicted molar refractivity (Wildman–Crippen MR) is 73.8 cm³/mol. The average molecular weight is 267 g/mol. The van der Waals surface area contributed by atoms with Crippen LogP contribution in [0.5, 0.6) is 0 Å². The van der Waals surface area contributed by atoms with Crippen LogP contribution in [0.3, 0.4) is 0 Å². The highest BCUT2D eigenvalue weighted by atomic mass is 19.1. The highest BCUT2D eigenvalue weighted by Crippen LogP contribution is 2.29. The molecule has 1 saturated carbocycles. The Kier molecular flexibility index (Phi) is 4.77. The van der Waals surface area contributed by atoms with Gasteiger partial charge in [-0.3, -0.25) is 0 Å². The van der Waals surface area contributed by atoms with Crippen molar-refractivity contribution in [3.63, 3.8) is 0 Å². The molecule has 1 aliphatic rings. The standard InChI is InChI=1S/C15H22FNO2/c1-11(18)14-9-13(16)5-6-15(14)17(2)7-8-19-10-12-3-4-12/h5-6,9,11-12,18H,3-4,7-8,10H2,1-2H3/t11-/m0/s1. The summed E-state index contributed by atoms with van der Waals surface area (Å²) in [6, 6.07) is 4.52. The number of benzene rings is 1. The van der Waals surface area contributed by atoms with Gasteiger partial charge in [0.05, 0.1) is 12.7 Å². The van der Waals surface area contributed by atoms with Gasteiger partial charge in [-0.15, -0.1) is 0 Å². The number of nitrogens with zero attached hydrogens (tertiary/aromatic N) is 1.